The van der Waals surface area contributed by atoms with Gasteiger partial charge in [-0.1, -0.05) is 13.0 Å². The second-order valence-electron chi connectivity index (χ2n) is 2.17. The Balaban J connectivity index is 2.75. The van der Waals surface area contributed by atoms with Crippen molar-refractivity contribution in [3.63, 3.8) is 0 Å². The molecule has 1 rings (SSSR count). The Labute approximate surface area is 61.1 Å². The van der Waals surface area contributed by atoms with Gasteiger partial charge in [-0.25, -0.2) is 0 Å². The third-order valence-electron chi connectivity index (χ3n) is 1.43. The predicted molar refractivity (Wildman–Crippen MR) is 40.1 cm³/mol. The summed E-state index contributed by atoms with van der Waals surface area (Å²) in [5, 5.41) is 0. The van der Waals surface area contributed by atoms with Crippen LogP contribution in [0.5, 0.6) is 0 Å². The summed E-state index contributed by atoms with van der Waals surface area (Å²) in [6.45, 7) is 4.62. The van der Waals surface area contributed by atoms with E-state index in [1.807, 2.05) is 19.1 Å². The zero-order valence-electron chi connectivity index (χ0n) is 5.91. The van der Waals surface area contributed by atoms with Gasteiger partial charge in [0.05, 0.1) is 6.54 Å². The molecule has 0 fully saturated rings. The van der Waals surface area contributed by atoms with Gasteiger partial charge in [0.1, 0.15) is 0 Å². The number of hydrogen-bond donors (Lipinski definition) is 1. The summed E-state index contributed by atoms with van der Waals surface area (Å²) in [5.74, 6) is 0.175. The van der Waals surface area contributed by atoms with E-state index in [2.05, 4.69) is 11.5 Å². The van der Waals surface area contributed by atoms with E-state index in [1.165, 1.54) is 0 Å². The summed E-state index contributed by atoms with van der Waals surface area (Å²) in [4.78, 5) is 3.96. The molecule has 2 radical (unpaired) electrons. The van der Waals surface area contributed by atoms with Crippen molar-refractivity contribution in [1.82, 2.24) is 4.98 Å². The number of hydrogen-bond acceptors (Lipinski definition) is 2. The molecule has 1 aromatic rings. The molecule has 0 aliphatic heterocycles. The summed E-state index contributed by atoms with van der Waals surface area (Å²) in [6, 6.07) is 3.88. The van der Waals surface area contributed by atoms with Crippen LogP contribution in [0.2, 0.25) is 0 Å². The summed E-state index contributed by atoms with van der Waals surface area (Å²) < 4.78 is 0. The number of nitrogens with two attached hydrogens (primary N) is 1. The molecule has 1 atom stereocenters. The van der Waals surface area contributed by atoms with E-state index in [0.29, 0.717) is 0 Å². The Hall–Kier alpha value is -0.890. The molecule has 0 aliphatic carbocycles. The van der Waals surface area contributed by atoms with Crippen LogP contribution in [-0.2, 0) is 0 Å². The lowest BCUT2D eigenvalue weighted by Gasteiger charge is -2.04. The maximum atomic E-state index is 5.23. The molecule has 2 heteroatoms. The van der Waals surface area contributed by atoms with E-state index in [0.717, 1.165) is 5.56 Å². The molecule has 1 aromatic heterocycles. The summed E-state index contributed by atoms with van der Waals surface area (Å²) in [6.07, 6.45) is 3.54. The van der Waals surface area contributed by atoms with Crippen LogP contribution in [0.15, 0.2) is 24.5 Å². The van der Waals surface area contributed by atoms with Crippen LogP contribution in [-0.4, -0.2) is 4.98 Å². The van der Waals surface area contributed by atoms with E-state index in [9.17, 15) is 0 Å². The Morgan fingerprint density at radius 1 is 1.70 bits per heavy atom. The van der Waals surface area contributed by atoms with Crippen molar-refractivity contribution in [3.8, 4) is 0 Å². The minimum Gasteiger partial charge on any atom is -0.321 e. The molecule has 1 unspecified atom stereocenters. The van der Waals surface area contributed by atoms with Crippen LogP contribution in [0.25, 0.3) is 0 Å². The fourth-order valence-electron chi connectivity index (χ4n) is 0.728. The van der Waals surface area contributed by atoms with E-state index in [4.69, 9.17) is 5.73 Å². The third-order valence-corrected chi connectivity index (χ3v) is 1.43. The fraction of sp³-hybridized carbons (Fsp3) is 0.250. The predicted octanol–water partition coefficient (Wildman–Crippen LogP) is 1.18. The minimum absolute atomic E-state index is 0.175. The van der Waals surface area contributed by atoms with Gasteiger partial charge in [-0.2, -0.15) is 0 Å². The summed E-state index contributed by atoms with van der Waals surface area (Å²) in [7, 11) is 0. The molecule has 2 N–H and O–H groups in total. The fourth-order valence-corrected chi connectivity index (χ4v) is 0.728. The molecule has 0 spiro atoms. The highest BCUT2D eigenvalue weighted by Crippen LogP contribution is 2.12. The molecule has 0 aliphatic rings. The quantitative estimate of drug-likeness (QED) is 0.617. The Morgan fingerprint density at radius 2 is 2.50 bits per heavy atom. The smallest absolute Gasteiger partial charge is 0.0636 e. The Bertz CT molecular complexity index is 184. The summed E-state index contributed by atoms with van der Waals surface area (Å²) >= 11 is 0. The van der Waals surface area contributed by atoms with E-state index >= 15 is 0 Å². The van der Waals surface area contributed by atoms with E-state index < -0.39 is 0 Å². The molecule has 0 saturated heterocycles. The van der Waals surface area contributed by atoms with Gasteiger partial charge in [-0.05, 0) is 11.6 Å². The van der Waals surface area contributed by atoms with Crippen molar-refractivity contribution in [2.24, 2.45) is 5.73 Å². The van der Waals surface area contributed by atoms with Gasteiger partial charge in [0.15, 0.2) is 0 Å². The molecule has 10 heavy (non-hydrogen) atoms. The SMILES string of the molecule is CC([C]N)c1cccnc1. The minimum atomic E-state index is 0.175. The molecular formula is C8H10N2. The average Bonchev–Trinajstić information content (AvgIpc) is 2.05. The van der Waals surface area contributed by atoms with Gasteiger partial charge in [-0.15, -0.1) is 0 Å². The van der Waals surface area contributed by atoms with Crippen LogP contribution >= 0.6 is 0 Å². The van der Waals surface area contributed by atoms with Crippen LogP contribution in [0.1, 0.15) is 18.4 Å². The van der Waals surface area contributed by atoms with Gasteiger partial charge < -0.3 is 5.73 Å². The maximum absolute atomic E-state index is 5.23. The average molecular weight is 134 g/mol. The largest absolute Gasteiger partial charge is 0.321 e. The second-order valence-corrected chi connectivity index (χ2v) is 2.17. The molecule has 0 bridgehead atoms. The van der Waals surface area contributed by atoms with Crippen molar-refractivity contribution < 1.29 is 0 Å². The van der Waals surface area contributed by atoms with Gasteiger partial charge in [0.25, 0.3) is 0 Å². The Kier molecular flexibility index (Phi) is 2.40. The first-order chi connectivity index (χ1) is 4.84. The molecule has 1 heterocycles. The van der Waals surface area contributed by atoms with Crippen molar-refractivity contribution in [2.75, 3.05) is 0 Å². The van der Waals surface area contributed by atoms with Crippen LogP contribution in [0.4, 0.5) is 0 Å². The molecular weight excluding hydrogens is 124 g/mol. The van der Waals surface area contributed by atoms with Gasteiger partial charge in [0.2, 0.25) is 0 Å². The van der Waals surface area contributed by atoms with Crippen LogP contribution in [0.3, 0.4) is 0 Å². The number of pyridine rings is 1. The summed E-state index contributed by atoms with van der Waals surface area (Å²) in [5.41, 5.74) is 6.33. The molecule has 0 amide bonds. The van der Waals surface area contributed by atoms with Gasteiger partial charge in [-0.3, -0.25) is 4.98 Å². The Morgan fingerprint density at radius 3 is 3.00 bits per heavy atom. The molecule has 0 aromatic carbocycles. The highest BCUT2D eigenvalue weighted by atomic mass is 14.6. The normalized spacial score (nSPS) is 13.0. The van der Waals surface area contributed by atoms with Gasteiger partial charge in [0, 0.05) is 18.3 Å². The number of aromatic nitrogens is 1. The van der Waals surface area contributed by atoms with E-state index in [1.54, 1.807) is 12.4 Å². The number of nitrogens with zero attached hydrogens (tertiary/aromatic N) is 1. The first-order valence-electron chi connectivity index (χ1n) is 3.20. The monoisotopic (exact) mass is 134 g/mol. The van der Waals surface area contributed by atoms with Crippen molar-refractivity contribution in [1.29, 1.82) is 0 Å². The molecule has 2 nitrogen and oxygen atoms in total. The lowest BCUT2D eigenvalue weighted by Crippen LogP contribution is -2.01. The second kappa shape index (κ2) is 3.32. The molecule has 52 valence electrons. The van der Waals surface area contributed by atoms with Crippen LogP contribution in [0, 0.1) is 6.54 Å². The third kappa shape index (κ3) is 1.54. The van der Waals surface area contributed by atoms with Crippen molar-refractivity contribution in [3.05, 3.63) is 36.6 Å². The van der Waals surface area contributed by atoms with Gasteiger partial charge >= 0.3 is 0 Å². The molecule has 0 saturated carbocycles. The zero-order valence-corrected chi connectivity index (χ0v) is 5.91. The topological polar surface area (TPSA) is 38.9 Å². The zero-order chi connectivity index (χ0) is 7.40. The lowest BCUT2D eigenvalue weighted by atomic mass is 10.0. The van der Waals surface area contributed by atoms with Crippen molar-refractivity contribution in [2.45, 2.75) is 12.8 Å². The first kappa shape index (κ1) is 7.22. The first-order valence-corrected chi connectivity index (χ1v) is 3.20. The highest BCUT2D eigenvalue weighted by Gasteiger charge is 2.01. The standard InChI is InChI=1S/C8H10N2/c1-7(5-9)8-3-2-4-10-6-8/h2-4,6-7H,9H2,1H3. The van der Waals surface area contributed by atoms with Crippen molar-refractivity contribution >= 4 is 0 Å². The van der Waals surface area contributed by atoms with E-state index in [-0.39, 0.29) is 5.92 Å². The maximum Gasteiger partial charge on any atom is 0.0636 e. The highest BCUT2D eigenvalue weighted by molar-refractivity contribution is 5.15. The lowest BCUT2D eigenvalue weighted by molar-refractivity contribution is 0.862. The number of rotatable bonds is 2. The van der Waals surface area contributed by atoms with Crippen LogP contribution < -0.4 is 5.73 Å².